The zero-order chi connectivity index (χ0) is 14.7. The predicted molar refractivity (Wildman–Crippen MR) is 84.7 cm³/mol. The fraction of sp³-hybridized carbons (Fsp3) is 0.267. The zero-order valence-corrected chi connectivity index (χ0v) is 12.4. The zero-order valence-electron chi connectivity index (χ0n) is 11.5. The van der Waals surface area contributed by atoms with Gasteiger partial charge in [-0.05, 0) is 25.1 Å². The number of nitrogens with zero attached hydrogens (tertiary/aromatic N) is 2. The summed E-state index contributed by atoms with van der Waals surface area (Å²) in [6, 6.07) is 9.25. The van der Waals surface area contributed by atoms with Crippen LogP contribution in [0.4, 0.5) is 0 Å². The average Bonchev–Trinajstić information content (AvgIpc) is 2.44. The number of pyridine rings is 1. The summed E-state index contributed by atoms with van der Waals surface area (Å²) >= 11 is 4.90. The maximum Gasteiger partial charge on any atom is 0.254 e. The van der Waals surface area contributed by atoms with Crippen molar-refractivity contribution in [2.75, 3.05) is 7.05 Å². The van der Waals surface area contributed by atoms with Crippen molar-refractivity contribution < 1.29 is 4.79 Å². The quantitative estimate of drug-likeness (QED) is 0.877. The summed E-state index contributed by atoms with van der Waals surface area (Å²) in [5.41, 5.74) is 7.00. The van der Waals surface area contributed by atoms with E-state index in [9.17, 15) is 4.79 Å². The van der Waals surface area contributed by atoms with Gasteiger partial charge < -0.3 is 10.6 Å². The predicted octanol–water partition coefficient (Wildman–Crippen LogP) is 2.37. The van der Waals surface area contributed by atoms with E-state index in [-0.39, 0.29) is 11.9 Å². The molecule has 5 heteroatoms. The molecule has 0 saturated carbocycles. The molecule has 2 N–H and O–H groups in total. The van der Waals surface area contributed by atoms with E-state index in [1.807, 2.05) is 37.3 Å². The van der Waals surface area contributed by atoms with Gasteiger partial charge in [0.1, 0.15) is 0 Å². The molecule has 0 spiro atoms. The minimum absolute atomic E-state index is 0.0353. The van der Waals surface area contributed by atoms with Crippen LogP contribution in [-0.2, 0) is 0 Å². The number of hydrogen-bond acceptors (Lipinski definition) is 3. The van der Waals surface area contributed by atoms with Crippen LogP contribution in [0.1, 0.15) is 23.7 Å². The lowest BCUT2D eigenvalue weighted by atomic mass is 10.1. The van der Waals surface area contributed by atoms with E-state index < -0.39 is 0 Å². The number of hydrogen-bond donors (Lipinski definition) is 1. The standard InChI is InChI=1S/C15H17N3OS/c1-10(9-14(16)20)18(2)15(19)12-5-3-7-13-11(12)6-4-8-17-13/h3-8,10H,9H2,1-2H3,(H2,16,20). The largest absolute Gasteiger partial charge is 0.393 e. The monoisotopic (exact) mass is 287 g/mol. The summed E-state index contributed by atoms with van der Waals surface area (Å²) in [6.45, 7) is 1.93. The second kappa shape index (κ2) is 5.96. The molecule has 2 rings (SSSR count). The van der Waals surface area contributed by atoms with Crippen molar-refractivity contribution in [3.63, 3.8) is 0 Å². The third-order valence-corrected chi connectivity index (χ3v) is 3.52. The first-order chi connectivity index (χ1) is 9.50. The topological polar surface area (TPSA) is 59.2 Å². The summed E-state index contributed by atoms with van der Waals surface area (Å²) in [5, 5.41) is 0.856. The van der Waals surface area contributed by atoms with Gasteiger partial charge in [0.2, 0.25) is 0 Å². The van der Waals surface area contributed by atoms with Crippen LogP contribution >= 0.6 is 12.2 Å². The number of fused-ring (bicyclic) bond motifs is 1. The van der Waals surface area contributed by atoms with Gasteiger partial charge in [-0.25, -0.2) is 0 Å². The van der Waals surface area contributed by atoms with Crippen LogP contribution in [0.25, 0.3) is 10.9 Å². The Morgan fingerprint density at radius 2 is 2.15 bits per heavy atom. The van der Waals surface area contributed by atoms with Gasteiger partial charge in [-0.3, -0.25) is 9.78 Å². The minimum Gasteiger partial charge on any atom is -0.393 e. The highest BCUT2D eigenvalue weighted by Crippen LogP contribution is 2.19. The minimum atomic E-state index is -0.0487. The second-order valence-electron chi connectivity index (χ2n) is 4.81. The average molecular weight is 287 g/mol. The van der Waals surface area contributed by atoms with Gasteiger partial charge in [-0.1, -0.05) is 24.4 Å². The molecule has 1 aromatic heterocycles. The first-order valence-electron chi connectivity index (χ1n) is 6.40. The highest BCUT2D eigenvalue weighted by atomic mass is 32.1. The van der Waals surface area contributed by atoms with E-state index in [1.165, 1.54) is 0 Å². The van der Waals surface area contributed by atoms with Crippen molar-refractivity contribution in [3.05, 3.63) is 42.1 Å². The van der Waals surface area contributed by atoms with Crippen molar-refractivity contribution in [2.45, 2.75) is 19.4 Å². The van der Waals surface area contributed by atoms with E-state index in [0.29, 0.717) is 17.0 Å². The molecule has 0 bridgehead atoms. The second-order valence-corrected chi connectivity index (χ2v) is 5.34. The van der Waals surface area contributed by atoms with E-state index in [1.54, 1.807) is 18.1 Å². The number of nitrogens with two attached hydrogens (primary N) is 1. The van der Waals surface area contributed by atoms with Crippen LogP contribution in [0.5, 0.6) is 0 Å². The van der Waals surface area contributed by atoms with E-state index >= 15 is 0 Å². The summed E-state index contributed by atoms with van der Waals surface area (Å²) in [4.78, 5) is 18.9. The van der Waals surface area contributed by atoms with E-state index in [4.69, 9.17) is 18.0 Å². The van der Waals surface area contributed by atoms with Gasteiger partial charge in [0, 0.05) is 36.7 Å². The number of benzene rings is 1. The van der Waals surface area contributed by atoms with Crippen LogP contribution in [0.15, 0.2) is 36.5 Å². The fourth-order valence-electron chi connectivity index (χ4n) is 2.11. The third kappa shape index (κ3) is 2.93. The van der Waals surface area contributed by atoms with Gasteiger partial charge in [-0.15, -0.1) is 0 Å². The van der Waals surface area contributed by atoms with Gasteiger partial charge in [-0.2, -0.15) is 0 Å². The van der Waals surface area contributed by atoms with Crippen molar-refractivity contribution >= 4 is 34.0 Å². The van der Waals surface area contributed by atoms with Crippen LogP contribution in [0, 0.1) is 0 Å². The van der Waals surface area contributed by atoms with Crippen LogP contribution in [0.2, 0.25) is 0 Å². The molecule has 1 aromatic carbocycles. The Labute approximate surface area is 123 Å². The molecule has 104 valence electrons. The number of thiocarbonyl (C=S) groups is 1. The van der Waals surface area contributed by atoms with Gasteiger partial charge in [0.25, 0.3) is 5.91 Å². The highest BCUT2D eigenvalue weighted by molar-refractivity contribution is 7.80. The molecule has 1 heterocycles. The molecule has 2 aromatic rings. The molecule has 0 aliphatic heterocycles. The summed E-state index contributed by atoms with van der Waals surface area (Å²) in [7, 11) is 1.76. The number of aromatic nitrogens is 1. The first kappa shape index (κ1) is 14.4. The van der Waals surface area contributed by atoms with Gasteiger partial charge >= 0.3 is 0 Å². The lowest BCUT2D eigenvalue weighted by Gasteiger charge is -2.25. The molecule has 0 aliphatic rings. The molecular formula is C15H17N3OS. The SMILES string of the molecule is CC(CC(N)=S)N(C)C(=O)c1cccc2ncccc12. The van der Waals surface area contributed by atoms with Gasteiger partial charge in [0.05, 0.1) is 10.5 Å². The van der Waals surface area contributed by atoms with Gasteiger partial charge in [0.15, 0.2) is 0 Å². The lowest BCUT2D eigenvalue weighted by molar-refractivity contribution is 0.0750. The Kier molecular flexibility index (Phi) is 4.29. The van der Waals surface area contributed by atoms with Crippen LogP contribution in [0.3, 0.4) is 0 Å². The number of carbonyl (C=O) groups excluding carboxylic acids is 1. The molecule has 0 radical (unpaired) electrons. The summed E-state index contributed by atoms with van der Waals surface area (Å²) in [6.07, 6.45) is 2.23. The Morgan fingerprint density at radius 1 is 1.40 bits per heavy atom. The summed E-state index contributed by atoms with van der Waals surface area (Å²) in [5.74, 6) is -0.0487. The molecule has 1 unspecified atom stereocenters. The smallest absolute Gasteiger partial charge is 0.254 e. The fourth-order valence-corrected chi connectivity index (χ4v) is 2.35. The molecule has 1 amide bonds. The highest BCUT2D eigenvalue weighted by Gasteiger charge is 2.19. The molecular weight excluding hydrogens is 270 g/mol. The third-order valence-electron chi connectivity index (χ3n) is 3.35. The normalized spacial score (nSPS) is 12.1. The molecule has 20 heavy (non-hydrogen) atoms. The molecule has 0 aliphatic carbocycles. The lowest BCUT2D eigenvalue weighted by Crippen LogP contribution is -2.37. The van der Waals surface area contributed by atoms with Crippen molar-refractivity contribution in [2.24, 2.45) is 5.73 Å². The van der Waals surface area contributed by atoms with Crippen LogP contribution in [-0.4, -0.2) is 33.9 Å². The van der Waals surface area contributed by atoms with E-state index in [2.05, 4.69) is 4.98 Å². The Bertz CT molecular complexity index is 651. The van der Waals surface area contributed by atoms with Crippen molar-refractivity contribution in [3.8, 4) is 0 Å². The van der Waals surface area contributed by atoms with Crippen LogP contribution < -0.4 is 5.73 Å². The number of amides is 1. The molecule has 0 saturated heterocycles. The Morgan fingerprint density at radius 3 is 2.85 bits per heavy atom. The first-order valence-corrected chi connectivity index (χ1v) is 6.80. The Balaban J connectivity index is 2.34. The molecule has 0 fully saturated rings. The van der Waals surface area contributed by atoms with Crippen molar-refractivity contribution in [1.29, 1.82) is 0 Å². The Hall–Kier alpha value is -2.01. The van der Waals surface area contributed by atoms with Crippen molar-refractivity contribution in [1.82, 2.24) is 9.88 Å². The number of carbonyl (C=O) groups is 1. The molecule has 1 atom stereocenters. The number of rotatable bonds is 4. The maximum atomic E-state index is 12.6. The summed E-state index contributed by atoms with van der Waals surface area (Å²) < 4.78 is 0. The van der Waals surface area contributed by atoms with E-state index in [0.717, 1.165) is 10.9 Å². The molecule has 4 nitrogen and oxygen atoms in total. The maximum absolute atomic E-state index is 12.6.